The van der Waals surface area contributed by atoms with Gasteiger partial charge in [-0.15, -0.1) is 0 Å². The van der Waals surface area contributed by atoms with E-state index in [4.69, 9.17) is 0 Å². The largest absolute Gasteiger partial charge is 0.339 e. The van der Waals surface area contributed by atoms with Gasteiger partial charge in [-0.2, -0.15) is 4.31 Å². The van der Waals surface area contributed by atoms with Gasteiger partial charge >= 0.3 is 0 Å². The van der Waals surface area contributed by atoms with Crippen LogP contribution in [-0.4, -0.2) is 93.5 Å². The zero-order valence-electron chi connectivity index (χ0n) is 17.3. The molecule has 170 valence electrons. The fourth-order valence-electron chi connectivity index (χ4n) is 4.41. The third-order valence-corrected chi connectivity index (χ3v) is 9.95. The van der Waals surface area contributed by atoms with E-state index in [1.807, 2.05) is 0 Å². The van der Waals surface area contributed by atoms with Crippen molar-refractivity contribution >= 4 is 31.7 Å². The Morgan fingerprint density at radius 2 is 1.45 bits per heavy atom. The molecule has 0 aliphatic carbocycles. The van der Waals surface area contributed by atoms with Gasteiger partial charge in [0.05, 0.1) is 22.3 Å². The van der Waals surface area contributed by atoms with Crippen molar-refractivity contribution in [2.75, 3.05) is 50.8 Å². The fourth-order valence-corrected chi connectivity index (χ4v) is 7.66. The summed E-state index contributed by atoms with van der Waals surface area (Å²) in [4.78, 5) is 28.9. The molecule has 9 nitrogen and oxygen atoms in total. The predicted molar refractivity (Wildman–Crippen MR) is 114 cm³/mol. The van der Waals surface area contributed by atoms with E-state index in [9.17, 15) is 26.4 Å². The van der Waals surface area contributed by atoms with E-state index < -0.39 is 25.8 Å². The van der Waals surface area contributed by atoms with Crippen LogP contribution < -0.4 is 0 Å². The SMILES string of the molecule is O=C(c1ccc(S(=O)(=O)N2CCCC2)cc1)N1CCN(C(=O)[C@@H]2CCS(=O)(=O)C2)CC1. The van der Waals surface area contributed by atoms with Crippen LogP contribution in [0.15, 0.2) is 29.2 Å². The first kappa shape index (κ1) is 22.2. The highest BCUT2D eigenvalue weighted by atomic mass is 32.2. The summed E-state index contributed by atoms with van der Waals surface area (Å²) in [7, 11) is -6.63. The van der Waals surface area contributed by atoms with Crippen molar-refractivity contribution in [2.45, 2.75) is 24.2 Å². The first-order chi connectivity index (χ1) is 14.7. The Morgan fingerprint density at radius 1 is 0.871 bits per heavy atom. The molecule has 0 saturated carbocycles. The van der Waals surface area contributed by atoms with Gasteiger partial charge in [-0.1, -0.05) is 0 Å². The molecule has 0 aromatic heterocycles. The molecule has 0 spiro atoms. The number of rotatable bonds is 4. The maximum Gasteiger partial charge on any atom is 0.253 e. The van der Waals surface area contributed by atoms with Crippen molar-refractivity contribution in [3.8, 4) is 0 Å². The van der Waals surface area contributed by atoms with E-state index in [0.717, 1.165) is 12.8 Å². The van der Waals surface area contributed by atoms with Crippen molar-refractivity contribution in [1.82, 2.24) is 14.1 Å². The van der Waals surface area contributed by atoms with Gasteiger partial charge in [-0.05, 0) is 43.5 Å². The lowest BCUT2D eigenvalue weighted by molar-refractivity contribution is -0.136. The maximum atomic E-state index is 12.8. The van der Waals surface area contributed by atoms with Crippen molar-refractivity contribution < 1.29 is 26.4 Å². The molecule has 3 fully saturated rings. The molecular weight excluding hydrogens is 442 g/mol. The number of nitrogens with zero attached hydrogens (tertiary/aromatic N) is 3. The second-order valence-electron chi connectivity index (χ2n) is 8.35. The van der Waals surface area contributed by atoms with Gasteiger partial charge in [-0.3, -0.25) is 9.59 Å². The van der Waals surface area contributed by atoms with Crippen LogP contribution in [0.25, 0.3) is 0 Å². The third-order valence-electron chi connectivity index (χ3n) is 6.26. The fraction of sp³-hybridized carbons (Fsp3) is 0.600. The summed E-state index contributed by atoms with van der Waals surface area (Å²) >= 11 is 0. The molecule has 31 heavy (non-hydrogen) atoms. The number of hydrogen-bond acceptors (Lipinski definition) is 6. The molecule has 0 N–H and O–H groups in total. The molecule has 0 unspecified atom stereocenters. The van der Waals surface area contributed by atoms with Crippen LogP contribution >= 0.6 is 0 Å². The highest BCUT2D eigenvalue weighted by Crippen LogP contribution is 2.23. The van der Waals surface area contributed by atoms with Crippen LogP contribution in [0.5, 0.6) is 0 Å². The summed E-state index contributed by atoms with van der Waals surface area (Å²) in [6.07, 6.45) is 2.09. The van der Waals surface area contributed by atoms with Gasteiger partial charge in [-0.25, -0.2) is 16.8 Å². The van der Waals surface area contributed by atoms with Gasteiger partial charge in [0.25, 0.3) is 5.91 Å². The zero-order valence-corrected chi connectivity index (χ0v) is 18.9. The highest BCUT2D eigenvalue weighted by molar-refractivity contribution is 7.91. The topological polar surface area (TPSA) is 112 Å². The Hall–Kier alpha value is -1.98. The molecule has 1 aromatic rings. The standard InChI is InChI=1S/C20H27N3O6S2/c24-19(16-3-5-18(6-4-16)31(28,29)23-8-1-2-9-23)21-10-12-22(13-11-21)20(25)17-7-14-30(26,27)15-17/h3-6,17H,1-2,7-15H2/t17-/m1/s1. The maximum absolute atomic E-state index is 12.8. The smallest absolute Gasteiger partial charge is 0.253 e. The summed E-state index contributed by atoms with van der Waals surface area (Å²) in [5.74, 6) is -0.856. The minimum absolute atomic E-state index is 0.0608. The van der Waals surface area contributed by atoms with Crippen molar-refractivity contribution in [2.24, 2.45) is 5.92 Å². The summed E-state index contributed by atoms with van der Waals surface area (Å²) in [5.41, 5.74) is 0.405. The lowest BCUT2D eigenvalue weighted by Crippen LogP contribution is -2.52. The molecule has 2 amide bonds. The molecule has 0 radical (unpaired) electrons. The molecule has 3 aliphatic heterocycles. The first-order valence-corrected chi connectivity index (χ1v) is 13.8. The minimum atomic E-state index is -3.52. The van der Waals surface area contributed by atoms with E-state index in [0.29, 0.717) is 51.3 Å². The van der Waals surface area contributed by atoms with Crippen molar-refractivity contribution in [3.05, 3.63) is 29.8 Å². The van der Waals surface area contributed by atoms with Gasteiger partial charge in [0.2, 0.25) is 15.9 Å². The van der Waals surface area contributed by atoms with Crippen LogP contribution in [0.3, 0.4) is 0 Å². The lowest BCUT2D eigenvalue weighted by Gasteiger charge is -2.36. The van der Waals surface area contributed by atoms with E-state index >= 15 is 0 Å². The average Bonchev–Trinajstić information content (AvgIpc) is 3.43. The monoisotopic (exact) mass is 469 g/mol. The predicted octanol–water partition coefficient (Wildman–Crippen LogP) is 0.190. The van der Waals surface area contributed by atoms with Gasteiger partial charge in [0, 0.05) is 44.8 Å². The number of hydrogen-bond donors (Lipinski definition) is 0. The number of benzene rings is 1. The van der Waals surface area contributed by atoms with Crippen LogP contribution in [0.2, 0.25) is 0 Å². The van der Waals surface area contributed by atoms with Crippen LogP contribution in [0.1, 0.15) is 29.6 Å². The summed E-state index contributed by atoms with van der Waals surface area (Å²) in [6.45, 7) is 2.50. The number of carbonyl (C=O) groups excluding carboxylic acids is 2. The Balaban J connectivity index is 1.35. The van der Waals surface area contributed by atoms with E-state index in [2.05, 4.69) is 0 Å². The third kappa shape index (κ3) is 4.63. The van der Waals surface area contributed by atoms with Crippen molar-refractivity contribution in [1.29, 1.82) is 0 Å². The van der Waals surface area contributed by atoms with Gasteiger partial charge < -0.3 is 9.80 Å². The Morgan fingerprint density at radius 3 is 2.00 bits per heavy atom. The molecule has 3 aliphatic rings. The molecule has 3 heterocycles. The summed E-state index contributed by atoms with van der Waals surface area (Å²) in [5, 5.41) is 0. The molecule has 11 heteroatoms. The second kappa shape index (κ2) is 8.51. The number of piperazine rings is 1. The van der Waals surface area contributed by atoms with Crippen LogP contribution in [0.4, 0.5) is 0 Å². The normalized spacial score (nSPS) is 24.5. The van der Waals surface area contributed by atoms with E-state index in [1.54, 1.807) is 9.80 Å². The van der Waals surface area contributed by atoms with Crippen molar-refractivity contribution in [3.63, 3.8) is 0 Å². The first-order valence-electron chi connectivity index (χ1n) is 10.6. The number of sulfonamides is 1. The van der Waals surface area contributed by atoms with E-state index in [-0.39, 0.29) is 28.2 Å². The lowest BCUT2D eigenvalue weighted by atomic mass is 10.1. The zero-order chi connectivity index (χ0) is 22.2. The molecule has 1 aromatic carbocycles. The van der Waals surface area contributed by atoms with Crippen LogP contribution in [-0.2, 0) is 24.7 Å². The number of amides is 2. The Bertz CT molecular complexity index is 1050. The number of sulfone groups is 1. The second-order valence-corrected chi connectivity index (χ2v) is 12.5. The molecular formula is C20H27N3O6S2. The highest BCUT2D eigenvalue weighted by Gasteiger charge is 2.36. The van der Waals surface area contributed by atoms with E-state index in [1.165, 1.54) is 28.6 Å². The Labute approximate surface area is 183 Å². The minimum Gasteiger partial charge on any atom is -0.339 e. The molecule has 0 bridgehead atoms. The number of carbonyl (C=O) groups is 2. The molecule has 1 atom stereocenters. The average molecular weight is 470 g/mol. The summed E-state index contributed by atoms with van der Waals surface area (Å²) < 4.78 is 50.0. The quantitative estimate of drug-likeness (QED) is 0.622. The summed E-state index contributed by atoms with van der Waals surface area (Å²) in [6, 6.07) is 6.01. The Kier molecular flexibility index (Phi) is 6.10. The molecule has 3 saturated heterocycles. The van der Waals surface area contributed by atoms with Gasteiger partial charge in [0.15, 0.2) is 9.84 Å². The van der Waals surface area contributed by atoms with Crippen LogP contribution in [0, 0.1) is 5.92 Å². The van der Waals surface area contributed by atoms with Gasteiger partial charge in [0.1, 0.15) is 0 Å². The molecule has 4 rings (SSSR count).